The molecule has 0 spiro atoms. The largest absolute Gasteiger partial charge is 0.496 e. The van der Waals surface area contributed by atoms with Crippen molar-refractivity contribution in [2.75, 3.05) is 7.11 Å². The van der Waals surface area contributed by atoms with Gasteiger partial charge in [0.05, 0.1) is 13.2 Å². The molecule has 0 saturated carbocycles. The molecule has 2 aromatic rings. The standard InChI is InChI=1S/C16H20O2S/c1-4-12-6-7-13(19-12)10-15(17)14-9-11(2)5-8-16(14)18-3/h5-9,15,17H,4,10H2,1-3H3. The van der Waals surface area contributed by atoms with Gasteiger partial charge in [0.25, 0.3) is 0 Å². The predicted molar refractivity (Wildman–Crippen MR) is 80.1 cm³/mol. The lowest BCUT2D eigenvalue weighted by Gasteiger charge is -2.15. The number of hydrogen-bond donors (Lipinski definition) is 1. The van der Waals surface area contributed by atoms with Crippen LogP contribution in [0.3, 0.4) is 0 Å². The van der Waals surface area contributed by atoms with E-state index in [1.807, 2.05) is 25.1 Å². The number of aliphatic hydroxyl groups excluding tert-OH is 1. The maximum atomic E-state index is 10.4. The minimum atomic E-state index is -0.516. The summed E-state index contributed by atoms with van der Waals surface area (Å²) in [5.41, 5.74) is 2.00. The summed E-state index contributed by atoms with van der Waals surface area (Å²) in [5, 5.41) is 10.4. The van der Waals surface area contributed by atoms with Gasteiger partial charge in [-0.3, -0.25) is 0 Å². The van der Waals surface area contributed by atoms with E-state index in [4.69, 9.17) is 4.74 Å². The van der Waals surface area contributed by atoms with Gasteiger partial charge >= 0.3 is 0 Å². The van der Waals surface area contributed by atoms with Gasteiger partial charge in [-0.15, -0.1) is 11.3 Å². The summed E-state index contributed by atoms with van der Waals surface area (Å²) < 4.78 is 5.33. The lowest BCUT2D eigenvalue weighted by atomic mass is 10.0. The molecule has 1 heterocycles. The van der Waals surface area contributed by atoms with Gasteiger partial charge in [-0.05, 0) is 37.6 Å². The average Bonchev–Trinajstić information content (AvgIpc) is 2.86. The van der Waals surface area contributed by atoms with E-state index in [-0.39, 0.29) is 0 Å². The van der Waals surface area contributed by atoms with Gasteiger partial charge in [0.2, 0.25) is 0 Å². The van der Waals surface area contributed by atoms with Crippen LogP contribution in [-0.4, -0.2) is 12.2 Å². The zero-order chi connectivity index (χ0) is 13.8. The molecular formula is C16H20O2S. The van der Waals surface area contributed by atoms with Gasteiger partial charge in [-0.2, -0.15) is 0 Å². The highest BCUT2D eigenvalue weighted by Crippen LogP contribution is 2.30. The van der Waals surface area contributed by atoms with Crippen LogP contribution < -0.4 is 4.74 Å². The van der Waals surface area contributed by atoms with E-state index in [0.29, 0.717) is 6.42 Å². The third kappa shape index (κ3) is 3.37. The maximum absolute atomic E-state index is 10.4. The second-order valence-corrected chi connectivity index (χ2v) is 5.94. The van der Waals surface area contributed by atoms with Crippen molar-refractivity contribution < 1.29 is 9.84 Å². The van der Waals surface area contributed by atoms with Crippen molar-refractivity contribution in [3.8, 4) is 5.75 Å². The molecule has 0 aliphatic heterocycles. The lowest BCUT2D eigenvalue weighted by molar-refractivity contribution is 0.175. The van der Waals surface area contributed by atoms with Gasteiger partial charge in [-0.25, -0.2) is 0 Å². The molecule has 0 amide bonds. The summed E-state index contributed by atoms with van der Waals surface area (Å²) in [6, 6.07) is 10.2. The Morgan fingerprint density at radius 1 is 1.21 bits per heavy atom. The molecule has 0 saturated heterocycles. The van der Waals surface area contributed by atoms with Crippen molar-refractivity contribution in [3.05, 3.63) is 51.2 Å². The van der Waals surface area contributed by atoms with Crippen molar-refractivity contribution in [1.29, 1.82) is 0 Å². The summed E-state index contributed by atoms with van der Waals surface area (Å²) in [6.45, 7) is 4.17. The predicted octanol–water partition coefficient (Wildman–Crippen LogP) is 3.90. The summed E-state index contributed by atoms with van der Waals surface area (Å²) >= 11 is 1.77. The normalized spacial score (nSPS) is 12.4. The molecule has 2 rings (SSSR count). The Morgan fingerprint density at radius 2 is 1.95 bits per heavy atom. The van der Waals surface area contributed by atoms with Crippen LogP contribution >= 0.6 is 11.3 Å². The van der Waals surface area contributed by atoms with E-state index >= 15 is 0 Å². The molecule has 1 atom stereocenters. The molecule has 2 nitrogen and oxygen atoms in total. The first-order chi connectivity index (χ1) is 9.13. The van der Waals surface area contributed by atoms with E-state index < -0.39 is 6.10 Å². The van der Waals surface area contributed by atoms with Crippen LogP contribution in [0.2, 0.25) is 0 Å². The minimum Gasteiger partial charge on any atom is -0.496 e. The van der Waals surface area contributed by atoms with Gasteiger partial charge in [0, 0.05) is 21.7 Å². The van der Waals surface area contributed by atoms with Crippen LogP contribution in [0.15, 0.2) is 30.3 Å². The number of aliphatic hydroxyl groups is 1. The second kappa shape index (κ2) is 6.22. The van der Waals surface area contributed by atoms with E-state index in [9.17, 15) is 5.11 Å². The van der Waals surface area contributed by atoms with E-state index in [1.54, 1.807) is 18.4 Å². The summed E-state index contributed by atoms with van der Waals surface area (Å²) in [7, 11) is 1.64. The Morgan fingerprint density at radius 3 is 2.58 bits per heavy atom. The van der Waals surface area contributed by atoms with Crippen LogP contribution in [0.25, 0.3) is 0 Å². The summed E-state index contributed by atoms with van der Waals surface area (Å²) in [5.74, 6) is 0.755. The number of benzene rings is 1. The molecule has 19 heavy (non-hydrogen) atoms. The van der Waals surface area contributed by atoms with E-state index in [1.165, 1.54) is 9.75 Å². The van der Waals surface area contributed by atoms with Crippen molar-refractivity contribution in [3.63, 3.8) is 0 Å². The molecule has 3 heteroatoms. The fourth-order valence-corrected chi connectivity index (χ4v) is 3.13. The van der Waals surface area contributed by atoms with Crippen LogP contribution in [-0.2, 0) is 12.8 Å². The van der Waals surface area contributed by atoms with Crippen LogP contribution in [0.5, 0.6) is 5.75 Å². The number of ether oxygens (including phenoxy) is 1. The van der Waals surface area contributed by atoms with Crippen molar-refractivity contribution in [2.45, 2.75) is 32.8 Å². The molecule has 1 unspecified atom stereocenters. The Hall–Kier alpha value is -1.32. The molecule has 102 valence electrons. The van der Waals surface area contributed by atoms with Gasteiger partial charge < -0.3 is 9.84 Å². The smallest absolute Gasteiger partial charge is 0.124 e. The van der Waals surface area contributed by atoms with Crippen LogP contribution in [0.4, 0.5) is 0 Å². The quantitative estimate of drug-likeness (QED) is 0.897. The molecule has 0 radical (unpaired) electrons. The number of rotatable bonds is 5. The molecule has 1 aromatic heterocycles. The highest BCUT2D eigenvalue weighted by molar-refractivity contribution is 7.11. The highest BCUT2D eigenvalue weighted by atomic mass is 32.1. The third-order valence-electron chi connectivity index (χ3n) is 3.20. The molecule has 1 N–H and O–H groups in total. The Bertz CT molecular complexity index is 545. The molecule has 0 aliphatic rings. The first-order valence-corrected chi connectivity index (χ1v) is 7.36. The summed E-state index contributed by atoms with van der Waals surface area (Å²) in [4.78, 5) is 2.58. The molecular weight excluding hydrogens is 256 g/mol. The molecule has 0 aliphatic carbocycles. The van der Waals surface area contributed by atoms with Crippen LogP contribution in [0, 0.1) is 6.92 Å². The van der Waals surface area contributed by atoms with Crippen LogP contribution in [0.1, 0.15) is 33.9 Å². The van der Waals surface area contributed by atoms with Crippen molar-refractivity contribution in [2.24, 2.45) is 0 Å². The monoisotopic (exact) mass is 276 g/mol. The minimum absolute atomic E-state index is 0.516. The van der Waals surface area contributed by atoms with Gasteiger partial charge in [0.15, 0.2) is 0 Å². The SMILES string of the molecule is CCc1ccc(CC(O)c2cc(C)ccc2OC)s1. The fraction of sp³-hybridized carbons (Fsp3) is 0.375. The number of aryl methyl sites for hydroxylation is 2. The molecule has 1 aromatic carbocycles. The Labute approximate surface area is 118 Å². The topological polar surface area (TPSA) is 29.5 Å². The molecule has 0 fully saturated rings. The van der Waals surface area contributed by atoms with E-state index in [0.717, 1.165) is 23.3 Å². The first-order valence-electron chi connectivity index (χ1n) is 6.54. The zero-order valence-electron chi connectivity index (χ0n) is 11.6. The maximum Gasteiger partial charge on any atom is 0.124 e. The van der Waals surface area contributed by atoms with Gasteiger partial charge in [-0.1, -0.05) is 18.6 Å². The Balaban J connectivity index is 2.19. The van der Waals surface area contributed by atoms with Crippen molar-refractivity contribution in [1.82, 2.24) is 0 Å². The highest BCUT2D eigenvalue weighted by Gasteiger charge is 2.15. The number of thiophene rings is 1. The summed E-state index contributed by atoms with van der Waals surface area (Å²) in [6.07, 6.45) is 1.18. The number of hydrogen-bond acceptors (Lipinski definition) is 3. The first kappa shape index (κ1) is 14.1. The number of methoxy groups -OCH3 is 1. The molecule has 0 bridgehead atoms. The second-order valence-electron chi connectivity index (χ2n) is 4.69. The third-order valence-corrected chi connectivity index (χ3v) is 4.46. The Kier molecular flexibility index (Phi) is 4.61. The lowest BCUT2D eigenvalue weighted by Crippen LogP contribution is -2.03. The van der Waals surface area contributed by atoms with Crippen molar-refractivity contribution >= 4 is 11.3 Å². The van der Waals surface area contributed by atoms with E-state index in [2.05, 4.69) is 19.1 Å². The fourth-order valence-electron chi connectivity index (χ4n) is 2.14. The van der Waals surface area contributed by atoms with Gasteiger partial charge in [0.1, 0.15) is 5.75 Å². The zero-order valence-corrected chi connectivity index (χ0v) is 12.5. The average molecular weight is 276 g/mol.